The van der Waals surface area contributed by atoms with Crippen molar-refractivity contribution >= 4 is 11.8 Å². The Bertz CT molecular complexity index is 340. The molecular formula is C15H29N3O2. The van der Waals surface area contributed by atoms with E-state index in [1.54, 1.807) is 0 Å². The summed E-state index contributed by atoms with van der Waals surface area (Å²) < 4.78 is 0. The molecule has 1 aliphatic rings. The lowest BCUT2D eigenvalue weighted by Gasteiger charge is -2.33. The minimum absolute atomic E-state index is 0.0191. The van der Waals surface area contributed by atoms with Crippen LogP contribution in [-0.2, 0) is 9.59 Å². The minimum atomic E-state index is -0.0424. The fraction of sp³-hybridized carbons (Fsp3) is 0.867. The molecule has 0 spiro atoms. The lowest BCUT2D eigenvalue weighted by molar-refractivity contribution is -0.131. The van der Waals surface area contributed by atoms with E-state index in [1.807, 2.05) is 39.5 Å². The predicted molar refractivity (Wildman–Crippen MR) is 80.3 cm³/mol. The smallest absolute Gasteiger partial charge is 0.236 e. The van der Waals surface area contributed by atoms with Gasteiger partial charge in [-0.15, -0.1) is 0 Å². The molecule has 1 rings (SSSR count). The molecule has 1 heterocycles. The van der Waals surface area contributed by atoms with Crippen LogP contribution in [0, 0.1) is 5.92 Å². The number of nitrogens with one attached hydrogen (secondary N) is 2. The van der Waals surface area contributed by atoms with Gasteiger partial charge >= 0.3 is 0 Å². The second kappa shape index (κ2) is 7.07. The molecule has 20 heavy (non-hydrogen) atoms. The highest BCUT2D eigenvalue weighted by atomic mass is 16.2. The Hall–Kier alpha value is -1.10. The van der Waals surface area contributed by atoms with Crippen molar-refractivity contribution < 1.29 is 9.59 Å². The van der Waals surface area contributed by atoms with Crippen LogP contribution < -0.4 is 10.6 Å². The number of hydrogen-bond donors (Lipinski definition) is 2. The molecule has 2 N–H and O–H groups in total. The summed E-state index contributed by atoms with van der Waals surface area (Å²) in [7, 11) is 0. The summed E-state index contributed by atoms with van der Waals surface area (Å²) in [4.78, 5) is 25.6. The van der Waals surface area contributed by atoms with Crippen molar-refractivity contribution in [2.45, 2.75) is 59.0 Å². The largest absolute Gasteiger partial charge is 0.353 e. The Balaban J connectivity index is 2.31. The highest BCUT2D eigenvalue weighted by Gasteiger charge is 2.24. The van der Waals surface area contributed by atoms with Crippen LogP contribution in [0.25, 0.3) is 0 Å². The van der Waals surface area contributed by atoms with E-state index >= 15 is 0 Å². The molecule has 0 aliphatic carbocycles. The molecule has 116 valence electrons. The molecule has 1 fully saturated rings. The molecule has 0 bridgehead atoms. The van der Waals surface area contributed by atoms with Crippen LogP contribution in [0.5, 0.6) is 0 Å². The average Bonchev–Trinajstić information content (AvgIpc) is 2.35. The molecule has 1 saturated heterocycles. The zero-order valence-corrected chi connectivity index (χ0v) is 13.5. The van der Waals surface area contributed by atoms with Crippen molar-refractivity contribution in [1.82, 2.24) is 15.5 Å². The van der Waals surface area contributed by atoms with Crippen LogP contribution >= 0.6 is 0 Å². The average molecular weight is 283 g/mol. The summed E-state index contributed by atoms with van der Waals surface area (Å²) in [6.45, 7) is 11.8. The minimum Gasteiger partial charge on any atom is -0.353 e. The van der Waals surface area contributed by atoms with Crippen molar-refractivity contribution in [3.8, 4) is 0 Å². The van der Waals surface area contributed by atoms with Crippen molar-refractivity contribution in [2.75, 3.05) is 19.6 Å². The van der Waals surface area contributed by atoms with E-state index in [0.29, 0.717) is 6.54 Å². The molecule has 5 nitrogen and oxygen atoms in total. The SMILES string of the molecule is CC(C)C(=O)NC1CCN(C(=O)CNC(C)(C)C)CC1. The zero-order valence-electron chi connectivity index (χ0n) is 13.5. The summed E-state index contributed by atoms with van der Waals surface area (Å²) in [6.07, 6.45) is 1.69. The molecule has 0 aromatic heterocycles. The third-order valence-electron chi connectivity index (χ3n) is 3.49. The quantitative estimate of drug-likeness (QED) is 0.813. The van der Waals surface area contributed by atoms with E-state index in [2.05, 4.69) is 10.6 Å². The number of likely N-dealkylation sites (tertiary alicyclic amines) is 1. The standard InChI is InChI=1S/C15H29N3O2/c1-11(2)14(20)17-12-6-8-18(9-7-12)13(19)10-16-15(3,4)5/h11-12,16H,6-10H2,1-5H3,(H,17,20). The molecule has 2 amide bonds. The fourth-order valence-electron chi connectivity index (χ4n) is 2.09. The van der Waals surface area contributed by atoms with Gasteiger partial charge in [0.15, 0.2) is 0 Å². The van der Waals surface area contributed by atoms with Crippen LogP contribution in [0.3, 0.4) is 0 Å². The molecule has 0 radical (unpaired) electrons. The van der Waals surface area contributed by atoms with E-state index in [4.69, 9.17) is 0 Å². The molecular weight excluding hydrogens is 254 g/mol. The van der Waals surface area contributed by atoms with Gasteiger partial charge in [-0.25, -0.2) is 0 Å². The first-order chi connectivity index (χ1) is 9.19. The maximum absolute atomic E-state index is 12.1. The highest BCUT2D eigenvalue weighted by Crippen LogP contribution is 2.11. The number of amides is 2. The van der Waals surface area contributed by atoms with Crippen molar-refractivity contribution in [1.29, 1.82) is 0 Å². The number of rotatable bonds is 4. The summed E-state index contributed by atoms with van der Waals surface area (Å²) in [5.41, 5.74) is -0.0424. The second-order valence-corrected chi connectivity index (χ2v) is 6.92. The van der Waals surface area contributed by atoms with Crippen molar-refractivity contribution in [3.05, 3.63) is 0 Å². The van der Waals surface area contributed by atoms with Gasteiger partial charge in [-0.1, -0.05) is 13.8 Å². The lowest BCUT2D eigenvalue weighted by atomic mass is 10.0. The Morgan fingerprint density at radius 1 is 1.20 bits per heavy atom. The zero-order chi connectivity index (χ0) is 15.3. The molecule has 0 unspecified atom stereocenters. The Morgan fingerprint density at radius 2 is 1.75 bits per heavy atom. The van der Waals surface area contributed by atoms with Gasteiger partial charge in [-0.3, -0.25) is 9.59 Å². The van der Waals surface area contributed by atoms with Gasteiger partial charge < -0.3 is 15.5 Å². The molecule has 0 aromatic carbocycles. The summed E-state index contributed by atoms with van der Waals surface area (Å²) in [5, 5.41) is 6.26. The van der Waals surface area contributed by atoms with Gasteiger partial charge in [0.2, 0.25) is 11.8 Å². The Morgan fingerprint density at radius 3 is 2.20 bits per heavy atom. The third kappa shape index (κ3) is 5.90. The second-order valence-electron chi connectivity index (χ2n) is 6.92. The lowest BCUT2D eigenvalue weighted by Crippen LogP contribution is -2.50. The van der Waals surface area contributed by atoms with Gasteiger partial charge in [-0.05, 0) is 33.6 Å². The monoisotopic (exact) mass is 283 g/mol. The number of nitrogens with zero attached hydrogens (tertiary/aromatic N) is 1. The van der Waals surface area contributed by atoms with E-state index < -0.39 is 0 Å². The van der Waals surface area contributed by atoms with Crippen LogP contribution in [0.1, 0.15) is 47.5 Å². The normalized spacial score (nSPS) is 17.4. The van der Waals surface area contributed by atoms with Crippen LogP contribution in [0.4, 0.5) is 0 Å². The molecule has 0 saturated carbocycles. The molecule has 0 aromatic rings. The van der Waals surface area contributed by atoms with Crippen molar-refractivity contribution in [3.63, 3.8) is 0 Å². The van der Waals surface area contributed by atoms with Gasteiger partial charge in [0.1, 0.15) is 0 Å². The first-order valence-electron chi connectivity index (χ1n) is 7.52. The first-order valence-corrected chi connectivity index (χ1v) is 7.52. The van der Waals surface area contributed by atoms with E-state index in [9.17, 15) is 9.59 Å². The topological polar surface area (TPSA) is 61.4 Å². The van der Waals surface area contributed by atoms with Crippen molar-refractivity contribution in [2.24, 2.45) is 5.92 Å². The number of piperidine rings is 1. The first kappa shape index (κ1) is 17.0. The number of hydrogen-bond acceptors (Lipinski definition) is 3. The van der Waals surface area contributed by atoms with Crippen LogP contribution in [-0.4, -0.2) is 47.9 Å². The molecule has 5 heteroatoms. The van der Waals surface area contributed by atoms with Gasteiger partial charge in [0.25, 0.3) is 0 Å². The summed E-state index contributed by atoms with van der Waals surface area (Å²) in [6, 6.07) is 0.213. The van der Waals surface area contributed by atoms with E-state index in [-0.39, 0.29) is 29.3 Å². The van der Waals surface area contributed by atoms with Crippen LogP contribution in [0.15, 0.2) is 0 Å². The predicted octanol–water partition coefficient (Wildman–Crippen LogP) is 1.14. The maximum atomic E-state index is 12.1. The van der Waals surface area contributed by atoms with E-state index in [1.165, 1.54) is 0 Å². The van der Waals surface area contributed by atoms with Gasteiger partial charge in [-0.2, -0.15) is 0 Å². The number of carbonyl (C=O) groups is 2. The Kier molecular flexibility index (Phi) is 5.99. The molecule has 0 atom stereocenters. The van der Waals surface area contributed by atoms with E-state index in [0.717, 1.165) is 25.9 Å². The third-order valence-corrected chi connectivity index (χ3v) is 3.49. The Labute approximate surface area is 122 Å². The summed E-state index contributed by atoms with van der Waals surface area (Å²) >= 11 is 0. The number of carbonyl (C=O) groups excluding carboxylic acids is 2. The van der Waals surface area contributed by atoms with Gasteiger partial charge in [0.05, 0.1) is 6.54 Å². The summed E-state index contributed by atoms with van der Waals surface area (Å²) in [5.74, 6) is 0.267. The fourth-order valence-corrected chi connectivity index (χ4v) is 2.09. The maximum Gasteiger partial charge on any atom is 0.236 e. The van der Waals surface area contributed by atoms with Gasteiger partial charge in [0, 0.05) is 30.6 Å². The molecule has 1 aliphatic heterocycles. The highest BCUT2D eigenvalue weighted by molar-refractivity contribution is 5.79. The van der Waals surface area contributed by atoms with Crippen LogP contribution in [0.2, 0.25) is 0 Å².